The van der Waals surface area contributed by atoms with Crippen LogP contribution in [0.15, 0.2) is 0 Å². The van der Waals surface area contributed by atoms with E-state index in [4.69, 9.17) is 16.2 Å². The second-order valence-electron chi connectivity index (χ2n) is 5.77. The minimum Gasteiger partial charge on any atom is -0.446 e. The van der Waals surface area contributed by atoms with E-state index < -0.39 is 23.2 Å². The van der Waals surface area contributed by atoms with Gasteiger partial charge in [-0.3, -0.25) is 0 Å². The summed E-state index contributed by atoms with van der Waals surface area (Å²) in [6, 6.07) is -0.461. The van der Waals surface area contributed by atoms with E-state index >= 15 is 0 Å². The third kappa shape index (κ3) is 2.81. The Balaban J connectivity index is 2.96. The fraction of sp³-hybridized carbons (Fsp3) is 0.818. The lowest BCUT2D eigenvalue weighted by molar-refractivity contribution is -0.0517. The highest BCUT2D eigenvalue weighted by Crippen LogP contribution is 2.39. The summed E-state index contributed by atoms with van der Waals surface area (Å²) in [4.78, 5) is 24.0. The number of ether oxygens (including phenoxy) is 1. The summed E-state index contributed by atoms with van der Waals surface area (Å²) in [5.74, 6) is 0. The molecule has 1 heterocycles. The van der Waals surface area contributed by atoms with Crippen LogP contribution in [-0.4, -0.2) is 34.2 Å². The van der Waals surface area contributed by atoms with Gasteiger partial charge in [0.25, 0.3) is 0 Å². The molecule has 0 unspecified atom stereocenters. The average Bonchev–Trinajstić information content (AvgIpc) is 1.93. The quantitative estimate of drug-likeness (QED) is 0.723. The van der Waals surface area contributed by atoms with Crippen molar-refractivity contribution in [1.82, 2.24) is 4.90 Å². The van der Waals surface area contributed by atoms with Gasteiger partial charge >= 0.3 is 12.1 Å². The van der Waals surface area contributed by atoms with Crippen LogP contribution in [0.4, 0.5) is 9.59 Å². The van der Waals surface area contributed by atoms with E-state index in [0.29, 0.717) is 12.8 Å². The van der Waals surface area contributed by atoms with E-state index in [-0.39, 0.29) is 6.10 Å². The van der Waals surface area contributed by atoms with E-state index in [9.17, 15) is 9.59 Å². The first-order chi connectivity index (χ1) is 7.56. The van der Waals surface area contributed by atoms with Gasteiger partial charge in [0.15, 0.2) is 0 Å². The first-order valence-corrected chi connectivity index (χ1v) is 5.62. The second kappa shape index (κ2) is 4.09. The summed E-state index contributed by atoms with van der Waals surface area (Å²) in [6.45, 7) is 7.60. The Labute approximate surface area is 101 Å². The van der Waals surface area contributed by atoms with Crippen LogP contribution in [0.25, 0.3) is 0 Å². The van der Waals surface area contributed by atoms with Crippen LogP contribution in [0.2, 0.25) is 0 Å². The van der Waals surface area contributed by atoms with Crippen LogP contribution in [0, 0.1) is 0 Å². The van der Waals surface area contributed by atoms with Crippen molar-refractivity contribution < 1.29 is 14.3 Å². The predicted molar refractivity (Wildman–Crippen MR) is 63.3 cm³/mol. The van der Waals surface area contributed by atoms with Crippen molar-refractivity contribution in [2.24, 2.45) is 11.5 Å². The highest BCUT2D eigenvalue weighted by molar-refractivity contribution is 5.74. The predicted octanol–water partition coefficient (Wildman–Crippen LogP) is 1.18. The molecule has 0 bridgehead atoms. The Morgan fingerprint density at radius 2 is 1.53 bits per heavy atom. The number of urea groups is 1. The van der Waals surface area contributed by atoms with Crippen LogP contribution in [0.5, 0.6) is 0 Å². The van der Waals surface area contributed by atoms with E-state index in [1.165, 1.54) is 0 Å². The van der Waals surface area contributed by atoms with Gasteiger partial charge in [-0.25, -0.2) is 9.59 Å². The van der Waals surface area contributed by atoms with Gasteiger partial charge in [0.2, 0.25) is 0 Å². The maximum absolute atomic E-state index is 11.5. The summed E-state index contributed by atoms with van der Waals surface area (Å²) < 4.78 is 5.05. The lowest BCUT2D eigenvalue weighted by atomic mass is 9.78. The van der Waals surface area contributed by atoms with Crippen molar-refractivity contribution in [2.45, 2.75) is 57.7 Å². The molecule has 0 aromatic heterocycles. The number of primary amides is 2. The van der Waals surface area contributed by atoms with Gasteiger partial charge in [0, 0.05) is 23.9 Å². The highest BCUT2D eigenvalue weighted by Gasteiger charge is 2.48. The summed E-state index contributed by atoms with van der Waals surface area (Å²) in [6.07, 6.45) is -0.00725. The molecule has 17 heavy (non-hydrogen) atoms. The molecule has 1 saturated heterocycles. The lowest BCUT2D eigenvalue weighted by Gasteiger charge is -2.53. The number of carbonyl (C=O) groups excluding carboxylic acids is 2. The molecular formula is C11H21N3O3. The molecule has 6 nitrogen and oxygen atoms in total. The number of piperidine rings is 1. The van der Waals surface area contributed by atoms with Crippen molar-refractivity contribution in [1.29, 1.82) is 0 Å². The van der Waals surface area contributed by atoms with Crippen molar-refractivity contribution >= 4 is 12.1 Å². The van der Waals surface area contributed by atoms with Crippen molar-refractivity contribution in [2.75, 3.05) is 0 Å². The van der Waals surface area contributed by atoms with E-state index in [1.807, 2.05) is 27.7 Å². The molecule has 1 fully saturated rings. The topological polar surface area (TPSA) is 98.7 Å². The van der Waals surface area contributed by atoms with Gasteiger partial charge in [-0.1, -0.05) is 0 Å². The maximum atomic E-state index is 11.5. The molecule has 98 valence electrons. The number of hydrogen-bond acceptors (Lipinski definition) is 3. The fourth-order valence-corrected chi connectivity index (χ4v) is 3.03. The standard InChI is InChI=1S/C11H21N3O3/c1-10(2)5-7(17-9(13)16)6-11(3,4)14(10)8(12)15/h7H,5-6H2,1-4H3,(H2,12,15)(H2,13,16). The Morgan fingerprint density at radius 1 is 1.12 bits per heavy atom. The zero-order chi connectivity index (χ0) is 13.4. The first kappa shape index (κ1) is 13.6. The molecule has 0 atom stereocenters. The number of nitrogens with two attached hydrogens (primary N) is 2. The molecular weight excluding hydrogens is 222 g/mol. The molecule has 1 rings (SSSR count). The smallest absolute Gasteiger partial charge is 0.404 e. The molecule has 0 aromatic rings. The number of likely N-dealkylation sites (tertiary alicyclic amines) is 1. The van der Waals surface area contributed by atoms with Crippen LogP contribution in [0.1, 0.15) is 40.5 Å². The molecule has 4 N–H and O–H groups in total. The molecule has 1 aliphatic rings. The number of carbonyl (C=O) groups is 2. The highest BCUT2D eigenvalue weighted by atomic mass is 16.6. The summed E-state index contributed by atoms with van der Waals surface area (Å²) in [7, 11) is 0. The molecule has 6 heteroatoms. The Hall–Kier alpha value is -1.46. The Kier molecular flexibility index (Phi) is 3.27. The first-order valence-electron chi connectivity index (χ1n) is 5.62. The third-order valence-corrected chi connectivity index (χ3v) is 3.17. The van der Waals surface area contributed by atoms with Crippen LogP contribution >= 0.6 is 0 Å². The van der Waals surface area contributed by atoms with Crippen molar-refractivity contribution in [3.63, 3.8) is 0 Å². The Bertz CT molecular complexity index is 321. The monoisotopic (exact) mass is 243 g/mol. The number of rotatable bonds is 1. The molecule has 1 aliphatic heterocycles. The van der Waals surface area contributed by atoms with Gasteiger partial charge in [-0.2, -0.15) is 0 Å². The van der Waals surface area contributed by atoms with Crippen molar-refractivity contribution in [3.05, 3.63) is 0 Å². The van der Waals surface area contributed by atoms with E-state index in [1.54, 1.807) is 4.90 Å². The molecule has 0 spiro atoms. The summed E-state index contributed by atoms with van der Waals surface area (Å²) in [5.41, 5.74) is 9.52. The summed E-state index contributed by atoms with van der Waals surface area (Å²) in [5, 5.41) is 0. The van der Waals surface area contributed by atoms with Crippen LogP contribution in [0.3, 0.4) is 0 Å². The molecule has 3 amide bonds. The normalized spacial score (nSPS) is 23.2. The number of nitrogens with zero attached hydrogens (tertiary/aromatic N) is 1. The number of hydrogen-bond donors (Lipinski definition) is 2. The SMILES string of the molecule is CC1(C)CC(OC(N)=O)CC(C)(C)N1C(N)=O. The third-order valence-electron chi connectivity index (χ3n) is 3.17. The van der Waals surface area contributed by atoms with Crippen molar-refractivity contribution in [3.8, 4) is 0 Å². The van der Waals surface area contributed by atoms with Crippen LogP contribution < -0.4 is 11.5 Å². The second-order valence-corrected chi connectivity index (χ2v) is 5.77. The van der Waals surface area contributed by atoms with Gasteiger partial charge in [0.1, 0.15) is 6.10 Å². The van der Waals surface area contributed by atoms with Crippen LogP contribution in [-0.2, 0) is 4.74 Å². The van der Waals surface area contributed by atoms with Gasteiger partial charge < -0.3 is 21.1 Å². The molecule has 0 aromatic carbocycles. The molecule has 0 saturated carbocycles. The largest absolute Gasteiger partial charge is 0.446 e. The maximum Gasteiger partial charge on any atom is 0.404 e. The average molecular weight is 243 g/mol. The minimum absolute atomic E-state index is 0.284. The molecule has 0 aliphatic carbocycles. The van der Waals surface area contributed by atoms with Gasteiger partial charge in [-0.15, -0.1) is 0 Å². The van der Waals surface area contributed by atoms with Gasteiger partial charge in [-0.05, 0) is 27.7 Å². The Morgan fingerprint density at radius 3 is 1.82 bits per heavy atom. The number of amides is 3. The molecule has 0 radical (unpaired) electrons. The zero-order valence-corrected chi connectivity index (χ0v) is 10.8. The van der Waals surface area contributed by atoms with Gasteiger partial charge in [0.05, 0.1) is 0 Å². The lowest BCUT2D eigenvalue weighted by Crippen LogP contribution is -2.65. The zero-order valence-electron chi connectivity index (χ0n) is 10.8. The van der Waals surface area contributed by atoms with E-state index in [2.05, 4.69) is 0 Å². The summed E-state index contributed by atoms with van der Waals surface area (Å²) >= 11 is 0. The minimum atomic E-state index is -0.783. The fourth-order valence-electron chi connectivity index (χ4n) is 3.03. The van der Waals surface area contributed by atoms with E-state index in [0.717, 1.165) is 0 Å².